The number of nitrogens with one attached hydrogen (secondary N) is 2. The second-order valence-corrected chi connectivity index (χ2v) is 5.51. The smallest absolute Gasteiger partial charge is 0.319 e. The minimum Gasteiger partial charge on any atom is -0.494 e. The van der Waals surface area contributed by atoms with Gasteiger partial charge in [-0.05, 0) is 68.3 Å². The summed E-state index contributed by atoms with van der Waals surface area (Å²) in [6.07, 6.45) is 0. The van der Waals surface area contributed by atoms with E-state index in [1.54, 1.807) is 0 Å². The molecule has 0 saturated carbocycles. The van der Waals surface area contributed by atoms with Crippen molar-refractivity contribution in [3.8, 4) is 11.5 Å². The van der Waals surface area contributed by atoms with Crippen molar-refractivity contribution >= 4 is 11.7 Å². The second-order valence-electron chi connectivity index (χ2n) is 5.51. The Balaban J connectivity index is 1.70. The number of hydrogen-bond acceptors (Lipinski definition) is 3. The van der Waals surface area contributed by atoms with Crippen molar-refractivity contribution in [1.29, 1.82) is 0 Å². The first-order chi connectivity index (χ1) is 11.6. The highest BCUT2D eigenvalue weighted by Crippen LogP contribution is 2.17. The number of carbonyl (C=O) groups is 1. The summed E-state index contributed by atoms with van der Waals surface area (Å²) >= 11 is 0. The molecule has 2 amide bonds. The summed E-state index contributed by atoms with van der Waals surface area (Å²) in [5.41, 5.74) is 3.02. The first-order valence-electron chi connectivity index (χ1n) is 8.05. The largest absolute Gasteiger partial charge is 0.494 e. The van der Waals surface area contributed by atoms with Crippen LogP contribution in [0.15, 0.2) is 42.5 Å². The Hall–Kier alpha value is -2.69. The summed E-state index contributed by atoms with van der Waals surface area (Å²) in [6, 6.07) is 13.1. The van der Waals surface area contributed by atoms with Crippen molar-refractivity contribution in [2.75, 3.05) is 25.1 Å². The monoisotopic (exact) mass is 328 g/mol. The number of rotatable bonds is 7. The van der Waals surface area contributed by atoms with Crippen LogP contribution in [0.4, 0.5) is 10.5 Å². The van der Waals surface area contributed by atoms with Crippen molar-refractivity contribution in [3.05, 3.63) is 53.6 Å². The molecule has 0 aliphatic heterocycles. The molecule has 0 aliphatic carbocycles. The van der Waals surface area contributed by atoms with Crippen LogP contribution in [-0.4, -0.2) is 25.8 Å². The molecule has 0 saturated heterocycles. The molecule has 0 aromatic heterocycles. The van der Waals surface area contributed by atoms with Crippen molar-refractivity contribution < 1.29 is 14.3 Å². The van der Waals surface area contributed by atoms with Gasteiger partial charge in [0, 0.05) is 5.69 Å². The lowest BCUT2D eigenvalue weighted by Gasteiger charge is -2.10. The average molecular weight is 328 g/mol. The molecule has 5 heteroatoms. The summed E-state index contributed by atoms with van der Waals surface area (Å²) in [4.78, 5) is 11.9. The highest BCUT2D eigenvalue weighted by atomic mass is 16.5. The average Bonchev–Trinajstić information content (AvgIpc) is 2.52. The molecule has 2 N–H and O–H groups in total. The third-order valence-corrected chi connectivity index (χ3v) is 3.27. The van der Waals surface area contributed by atoms with Gasteiger partial charge in [-0.2, -0.15) is 0 Å². The van der Waals surface area contributed by atoms with Gasteiger partial charge in [0.15, 0.2) is 0 Å². The Bertz CT molecular complexity index is 649. The maximum atomic E-state index is 11.9. The van der Waals surface area contributed by atoms with Gasteiger partial charge >= 0.3 is 6.03 Å². The van der Waals surface area contributed by atoms with Crippen LogP contribution in [0.2, 0.25) is 0 Å². The molecule has 0 heterocycles. The van der Waals surface area contributed by atoms with Crippen LogP contribution in [0.3, 0.4) is 0 Å². The molecular weight excluding hydrogens is 304 g/mol. The third kappa shape index (κ3) is 5.83. The zero-order valence-corrected chi connectivity index (χ0v) is 14.4. The van der Waals surface area contributed by atoms with E-state index in [-0.39, 0.29) is 6.03 Å². The van der Waals surface area contributed by atoms with Gasteiger partial charge in [0.1, 0.15) is 18.1 Å². The van der Waals surface area contributed by atoms with Crippen molar-refractivity contribution in [2.45, 2.75) is 20.8 Å². The minimum absolute atomic E-state index is 0.240. The summed E-state index contributed by atoms with van der Waals surface area (Å²) in [5, 5.41) is 5.59. The highest BCUT2D eigenvalue weighted by Gasteiger charge is 2.02. The van der Waals surface area contributed by atoms with E-state index in [1.807, 2.05) is 57.2 Å². The Kier molecular flexibility index (Phi) is 6.49. The predicted molar refractivity (Wildman–Crippen MR) is 96.0 cm³/mol. The van der Waals surface area contributed by atoms with Gasteiger partial charge in [0.2, 0.25) is 0 Å². The molecule has 0 aliphatic rings. The van der Waals surface area contributed by atoms with Gasteiger partial charge in [-0.1, -0.05) is 6.07 Å². The van der Waals surface area contributed by atoms with E-state index in [9.17, 15) is 4.79 Å². The topological polar surface area (TPSA) is 59.6 Å². The lowest BCUT2D eigenvalue weighted by Crippen LogP contribution is -2.32. The maximum absolute atomic E-state index is 11.9. The van der Waals surface area contributed by atoms with Gasteiger partial charge in [0.05, 0.1) is 13.2 Å². The Labute approximate surface area is 143 Å². The fourth-order valence-electron chi connectivity index (χ4n) is 2.35. The molecule has 0 fully saturated rings. The van der Waals surface area contributed by atoms with Crippen molar-refractivity contribution in [1.82, 2.24) is 5.32 Å². The van der Waals surface area contributed by atoms with Gasteiger partial charge < -0.3 is 20.1 Å². The van der Waals surface area contributed by atoms with E-state index in [4.69, 9.17) is 9.47 Å². The van der Waals surface area contributed by atoms with Crippen molar-refractivity contribution in [2.24, 2.45) is 0 Å². The molecule has 2 aromatic carbocycles. The first-order valence-corrected chi connectivity index (χ1v) is 8.05. The van der Waals surface area contributed by atoms with Crippen LogP contribution in [0.1, 0.15) is 18.1 Å². The summed E-state index contributed by atoms with van der Waals surface area (Å²) < 4.78 is 11.0. The summed E-state index contributed by atoms with van der Waals surface area (Å²) in [7, 11) is 0. The molecule has 5 nitrogen and oxygen atoms in total. The normalized spacial score (nSPS) is 10.1. The molecule has 0 unspecified atom stereocenters. The quantitative estimate of drug-likeness (QED) is 0.758. The zero-order chi connectivity index (χ0) is 17.4. The Morgan fingerprint density at radius 1 is 0.958 bits per heavy atom. The molecule has 0 radical (unpaired) electrons. The van der Waals surface area contributed by atoms with Gasteiger partial charge in [-0.15, -0.1) is 0 Å². The number of urea groups is 1. The maximum Gasteiger partial charge on any atom is 0.319 e. The van der Waals surface area contributed by atoms with E-state index in [2.05, 4.69) is 16.7 Å². The second kappa shape index (κ2) is 8.82. The molecule has 0 atom stereocenters. The zero-order valence-electron chi connectivity index (χ0n) is 14.4. The third-order valence-electron chi connectivity index (χ3n) is 3.27. The number of hydrogen-bond donors (Lipinski definition) is 2. The number of amides is 2. The predicted octanol–water partition coefficient (Wildman–Crippen LogP) is 3.90. The van der Waals surface area contributed by atoms with Gasteiger partial charge in [0.25, 0.3) is 0 Å². The van der Waals surface area contributed by atoms with Crippen LogP contribution in [0.25, 0.3) is 0 Å². The summed E-state index contributed by atoms with van der Waals surface area (Å²) in [6.45, 7) is 7.40. The highest BCUT2D eigenvalue weighted by molar-refractivity contribution is 5.89. The lowest BCUT2D eigenvalue weighted by atomic mass is 10.1. The molecule has 24 heavy (non-hydrogen) atoms. The van der Waals surface area contributed by atoms with Gasteiger partial charge in [-0.3, -0.25) is 0 Å². The fraction of sp³-hybridized carbons (Fsp3) is 0.316. The SMILES string of the molecule is CCOc1ccc(OCCNC(=O)Nc2cc(C)cc(C)c2)cc1. The van der Waals surface area contributed by atoms with E-state index in [0.29, 0.717) is 19.8 Å². The Morgan fingerprint density at radius 3 is 2.12 bits per heavy atom. The number of ether oxygens (including phenoxy) is 2. The molecule has 2 rings (SSSR count). The van der Waals surface area contributed by atoms with Crippen LogP contribution in [-0.2, 0) is 0 Å². The molecule has 128 valence electrons. The Morgan fingerprint density at radius 2 is 1.54 bits per heavy atom. The van der Waals surface area contributed by atoms with E-state index in [0.717, 1.165) is 28.3 Å². The number of carbonyl (C=O) groups excluding carboxylic acids is 1. The van der Waals surface area contributed by atoms with Crippen LogP contribution in [0.5, 0.6) is 11.5 Å². The standard InChI is InChI=1S/C19H24N2O3/c1-4-23-17-5-7-18(8-6-17)24-10-9-20-19(22)21-16-12-14(2)11-15(3)13-16/h5-8,11-13H,4,9-10H2,1-3H3,(H2,20,21,22). The van der Waals surface area contributed by atoms with E-state index >= 15 is 0 Å². The molecule has 0 spiro atoms. The first kappa shape index (κ1) is 17.7. The minimum atomic E-state index is -0.240. The van der Waals surface area contributed by atoms with Gasteiger partial charge in [-0.25, -0.2) is 4.79 Å². The van der Waals surface area contributed by atoms with Crippen LogP contribution < -0.4 is 20.1 Å². The molecule has 0 bridgehead atoms. The van der Waals surface area contributed by atoms with Crippen molar-refractivity contribution in [3.63, 3.8) is 0 Å². The van der Waals surface area contributed by atoms with Crippen LogP contribution in [0, 0.1) is 13.8 Å². The number of aryl methyl sites for hydroxylation is 2. The summed E-state index contributed by atoms with van der Waals surface area (Å²) in [5.74, 6) is 1.56. The number of benzene rings is 2. The fourth-order valence-corrected chi connectivity index (χ4v) is 2.35. The van der Waals surface area contributed by atoms with E-state index in [1.165, 1.54) is 0 Å². The lowest BCUT2D eigenvalue weighted by molar-refractivity contribution is 0.247. The van der Waals surface area contributed by atoms with Crippen LogP contribution >= 0.6 is 0 Å². The van der Waals surface area contributed by atoms with E-state index < -0.39 is 0 Å². The molecular formula is C19H24N2O3. The number of anilines is 1. The molecule has 2 aromatic rings.